The van der Waals surface area contributed by atoms with Crippen LogP contribution >= 0.6 is 0 Å². The zero-order valence-electron chi connectivity index (χ0n) is 11.4. The quantitative estimate of drug-likeness (QED) is 0.803. The Balaban J connectivity index is 1.64. The predicted molar refractivity (Wildman–Crippen MR) is 68.6 cm³/mol. The second-order valence-electron chi connectivity index (χ2n) is 5.42. The number of ether oxygens (including phenoxy) is 1. The van der Waals surface area contributed by atoms with E-state index in [9.17, 15) is 4.79 Å². The molecule has 0 unspecified atom stereocenters. The topological polar surface area (TPSA) is 69.0 Å². The molecule has 2 aliphatic heterocycles. The smallest absolute Gasteiger partial charge is 0.323 e. The Bertz CT molecular complexity index is 485. The molecule has 3 heterocycles. The van der Waals surface area contributed by atoms with Crippen LogP contribution in [0.2, 0.25) is 0 Å². The first-order chi connectivity index (χ1) is 9.15. The number of rotatable bonds is 3. The van der Waals surface area contributed by atoms with Crippen molar-refractivity contribution < 1.29 is 9.53 Å². The number of carbonyl (C=O) groups excluding carboxylic acids is 1. The normalized spacial score (nSPS) is 30.2. The third kappa shape index (κ3) is 2.49. The number of nitrogens with zero attached hydrogens (tertiary/aromatic N) is 3. The van der Waals surface area contributed by atoms with Crippen LogP contribution in [0.4, 0.5) is 0 Å². The lowest BCUT2D eigenvalue weighted by molar-refractivity contribution is -0.142. The van der Waals surface area contributed by atoms with Gasteiger partial charge in [-0.1, -0.05) is 6.92 Å². The van der Waals surface area contributed by atoms with Gasteiger partial charge in [0.2, 0.25) is 0 Å². The van der Waals surface area contributed by atoms with E-state index in [1.807, 2.05) is 11.6 Å². The number of hydrogen-bond acceptors (Lipinski definition) is 5. The van der Waals surface area contributed by atoms with Crippen LogP contribution in [0.15, 0.2) is 0 Å². The van der Waals surface area contributed by atoms with E-state index in [-0.39, 0.29) is 24.2 Å². The highest BCUT2D eigenvalue weighted by Crippen LogP contribution is 2.18. The molecule has 1 N–H and O–H groups in total. The number of cyclic esters (lactones) is 1. The number of aromatic nitrogens is 3. The van der Waals surface area contributed by atoms with Crippen LogP contribution in [0.3, 0.4) is 0 Å². The molecule has 2 aliphatic rings. The van der Waals surface area contributed by atoms with E-state index in [4.69, 9.17) is 4.74 Å². The van der Waals surface area contributed by atoms with E-state index in [0.717, 1.165) is 43.9 Å². The Morgan fingerprint density at radius 1 is 1.53 bits per heavy atom. The van der Waals surface area contributed by atoms with Gasteiger partial charge in [-0.3, -0.25) is 10.1 Å². The number of fused-ring (bicyclic) bond motifs is 1. The Morgan fingerprint density at radius 2 is 2.37 bits per heavy atom. The molecular formula is C13H20N4O2. The summed E-state index contributed by atoms with van der Waals surface area (Å²) in [7, 11) is 0. The first-order valence-electron chi connectivity index (χ1n) is 7.05. The number of nitrogens with one attached hydrogen (secondary N) is 1. The minimum atomic E-state index is -0.157. The number of esters is 1. The summed E-state index contributed by atoms with van der Waals surface area (Å²) in [5.41, 5.74) is 0. The van der Waals surface area contributed by atoms with Crippen molar-refractivity contribution in [2.75, 3.05) is 0 Å². The van der Waals surface area contributed by atoms with Crippen molar-refractivity contribution in [1.29, 1.82) is 0 Å². The standard InChI is InChI=1S/C13H20N4O2/c1-3-11-15-12-5-4-9(7-17(12)16-11)14-10-6-8(2)19-13(10)18/h8-10,14H,3-7H2,1-2H3/t8-,9-,10-/m1/s1. The largest absolute Gasteiger partial charge is 0.461 e. The van der Waals surface area contributed by atoms with Crippen LogP contribution in [-0.2, 0) is 28.9 Å². The monoisotopic (exact) mass is 264 g/mol. The molecule has 0 radical (unpaired) electrons. The third-order valence-electron chi connectivity index (χ3n) is 3.82. The Kier molecular flexibility index (Phi) is 3.26. The molecule has 0 saturated carbocycles. The summed E-state index contributed by atoms with van der Waals surface area (Å²) in [4.78, 5) is 16.1. The summed E-state index contributed by atoms with van der Waals surface area (Å²) in [6.07, 6.45) is 3.58. The number of hydrogen-bond donors (Lipinski definition) is 1. The minimum absolute atomic E-state index is 0.0298. The van der Waals surface area contributed by atoms with Crippen LogP contribution in [0.1, 0.15) is 38.3 Å². The Labute approximate surface area is 112 Å². The molecule has 0 bridgehead atoms. The fourth-order valence-corrected chi connectivity index (χ4v) is 2.82. The van der Waals surface area contributed by atoms with E-state index >= 15 is 0 Å². The maximum absolute atomic E-state index is 11.6. The van der Waals surface area contributed by atoms with E-state index in [1.54, 1.807) is 0 Å². The van der Waals surface area contributed by atoms with Gasteiger partial charge in [-0.2, -0.15) is 5.10 Å². The van der Waals surface area contributed by atoms with Gasteiger partial charge >= 0.3 is 5.97 Å². The van der Waals surface area contributed by atoms with Crippen LogP contribution in [-0.4, -0.2) is 38.9 Å². The molecule has 104 valence electrons. The van der Waals surface area contributed by atoms with E-state index in [2.05, 4.69) is 22.3 Å². The number of aryl methyl sites for hydroxylation is 2. The number of carbonyl (C=O) groups is 1. The van der Waals surface area contributed by atoms with Crippen LogP contribution in [0.5, 0.6) is 0 Å². The fourth-order valence-electron chi connectivity index (χ4n) is 2.82. The molecule has 0 spiro atoms. The molecule has 0 amide bonds. The lowest BCUT2D eigenvalue weighted by atomic mass is 10.1. The predicted octanol–water partition coefficient (Wildman–Crippen LogP) is 0.449. The van der Waals surface area contributed by atoms with E-state index in [1.165, 1.54) is 0 Å². The van der Waals surface area contributed by atoms with Gasteiger partial charge in [0.25, 0.3) is 0 Å². The van der Waals surface area contributed by atoms with Crippen LogP contribution < -0.4 is 5.32 Å². The van der Waals surface area contributed by atoms with Crippen LogP contribution in [0, 0.1) is 0 Å². The second kappa shape index (κ2) is 4.92. The molecule has 19 heavy (non-hydrogen) atoms. The summed E-state index contributed by atoms with van der Waals surface area (Å²) >= 11 is 0. The van der Waals surface area contributed by atoms with Crippen molar-refractivity contribution in [3.63, 3.8) is 0 Å². The lowest BCUT2D eigenvalue weighted by Crippen LogP contribution is -2.45. The highest BCUT2D eigenvalue weighted by atomic mass is 16.6. The molecule has 1 aromatic rings. The molecule has 3 rings (SSSR count). The second-order valence-corrected chi connectivity index (χ2v) is 5.42. The molecule has 0 aliphatic carbocycles. The molecule has 3 atom stereocenters. The first-order valence-corrected chi connectivity index (χ1v) is 7.05. The lowest BCUT2D eigenvalue weighted by Gasteiger charge is -2.25. The van der Waals surface area contributed by atoms with Crippen molar-refractivity contribution in [1.82, 2.24) is 20.1 Å². The van der Waals surface area contributed by atoms with E-state index < -0.39 is 0 Å². The van der Waals surface area contributed by atoms with Crippen LogP contribution in [0.25, 0.3) is 0 Å². The Hall–Kier alpha value is -1.43. The maximum atomic E-state index is 11.6. The summed E-state index contributed by atoms with van der Waals surface area (Å²) in [6.45, 7) is 4.79. The Morgan fingerprint density at radius 3 is 3.05 bits per heavy atom. The van der Waals surface area contributed by atoms with Gasteiger partial charge in [-0.15, -0.1) is 0 Å². The fraction of sp³-hybridized carbons (Fsp3) is 0.769. The molecule has 1 aromatic heterocycles. The molecule has 0 aromatic carbocycles. The van der Waals surface area contributed by atoms with Gasteiger partial charge in [0, 0.05) is 25.3 Å². The summed E-state index contributed by atoms with van der Waals surface area (Å²) < 4.78 is 7.15. The summed E-state index contributed by atoms with van der Waals surface area (Å²) in [5.74, 6) is 1.85. The van der Waals surface area contributed by atoms with Gasteiger partial charge in [0.1, 0.15) is 18.0 Å². The highest BCUT2D eigenvalue weighted by molar-refractivity contribution is 5.77. The highest BCUT2D eigenvalue weighted by Gasteiger charge is 2.34. The minimum Gasteiger partial charge on any atom is -0.461 e. The first kappa shape index (κ1) is 12.6. The zero-order chi connectivity index (χ0) is 13.4. The van der Waals surface area contributed by atoms with Crippen molar-refractivity contribution in [3.8, 4) is 0 Å². The van der Waals surface area contributed by atoms with Crippen molar-refractivity contribution in [2.24, 2.45) is 0 Å². The van der Waals surface area contributed by atoms with Crippen molar-refractivity contribution >= 4 is 5.97 Å². The molecule has 1 fully saturated rings. The summed E-state index contributed by atoms with van der Waals surface area (Å²) in [5, 5.41) is 7.88. The SMILES string of the molecule is CCc1nc2n(n1)C[C@H](N[C@@H]1C[C@@H](C)OC1=O)CC2. The zero-order valence-corrected chi connectivity index (χ0v) is 11.4. The van der Waals surface area contributed by atoms with E-state index in [0.29, 0.717) is 0 Å². The van der Waals surface area contributed by atoms with Crippen molar-refractivity contribution in [3.05, 3.63) is 11.6 Å². The third-order valence-corrected chi connectivity index (χ3v) is 3.82. The van der Waals surface area contributed by atoms with Gasteiger partial charge in [0.05, 0.1) is 6.54 Å². The molecule has 6 nitrogen and oxygen atoms in total. The maximum Gasteiger partial charge on any atom is 0.323 e. The van der Waals surface area contributed by atoms with Gasteiger partial charge in [-0.05, 0) is 13.3 Å². The average molecular weight is 264 g/mol. The molecular weight excluding hydrogens is 244 g/mol. The molecule has 6 heteroatoms. The van der Waals surface area contributed by atoms with Crippen molar-refractivity contribution in [2.45, 2.75) is 64.3 Å². The van der Waals surface area contributed by atoms with Gasteiger partial charge < -0.3 is 4.74 Å². The average Bonchev–Trinajstić information content (AvgIpc) is 2.92. The van der Waals surface area contributed by atoms with Gasteiger partial charge in [-0.25, -0.2) is 9.67 Å². The molecule has 1 saturated heterocycles. The van der Waals surface area contributed by atoms with Gasteiger partial charge in [0.15, 0.2) is 5.82 Å². The summed E-state index contributed by atoms with van der Waals surface area (Å²) in [6, 6.07) is 0.123.